The van der Waals surface area contributed by atoms with Crippen molar-refractivity contribution in [1.29, 1.82) is 0 Å². The number of hydrogen-bond acceptors (Lipinski definition) is 4. The van der Waals surface area contributed by atoms with Crippen molar-refractivity contribution in [2.24, 2.45) is 0 Å². The van der Waals surface area contributed by atoms with Crippen molar-refractivity contribution in [2.45, 2.75) is 19.3 Å². The second kappa shape index (κ2) is 8.59. The Labute approximate surface area is 179 Å². The van der Waals surface area contributed by atoms with E-state index in [2.05, 4.69) is 4.98 Å². The number of H-pyrrole nitrogens is 1. The normalized spacial score (nSPS) is 15.1. The van der Waals surface area contributed by atoms with Gasteiger partial charge in [-0.25, -0.2) is 0 Å². The molecule has 31 heavy (non-hydrogen) atoms. The molecule has 0 unspecified atom stereocenters. The average Bonchev–Trinajstić information content (AvgIpc) is 3.21. The molecule has 1 aliphatic heterocycles. The quantitative estimate of drug-likeness (QED) is 0.506. The Morgan fingerprint density at radius 1 is 1.06 bits per heavy atom. The topological polar surface area (TPSA) is 99.6 Å². The number of carbonyl (C=O) groups excluding carboxylic acids is 2. The van der Waals surface area contributed by atoms with Crippen LogP contribution in [0.4, 0.5) is 5.69 Å². The molecule has 3 aromatic rings. The number of nitrogens with one attached hydrogen (secondary N) is 1. The molecule has 2 amide bonds. The van der Waals surface area contributed by atoms with Gasteiger partial charge in [-0.3, -0.25) is 19.7 Å². The molecular weight excluding hydrogens is 396 g/mol. The van der Waals surface area contributed by atoms with Crippen LogP contribution in [0.2, 0.25) is 0 Å². The van der Waals surface area contributed by atoms with Crippen LogP contribution in [-0.4, -0.2) is 57.7 Å². The minimum Gasteiger partial charge on any atom is -0.361 e. The summed E-state index contributed by atoms with van der Waals surface area (Å²) < 4.78 is 0. The first kappa shape index (κ1) is 20.6. The Bertz CT molecular complexity index is 1130. The lowest BCUT2D eigenvalue weighted by molar-refractivity contribution is -0.384. The largest absolute Gasteiger partial charge is 0.361 e. The molecule has 1 N–H and O–H groups in total. The van der Waals surface area contributed by atoms with Gasteiger partial charge in [0, 0.05) is 74.7 Å². The molecule has 0 radical (unpaired) electrons. The number of hydrogen-bond donors (Lipinski definition) is 1. The molecule has 0 bridgehead atoms. The van der Waals surface area contributed by atoms with E-state index in [1.54, 1.807) is 21.9 Å². The summed E-state index contributed by atoms with van der Waals surface area (Å²) in [7, 11) is 0. The van der Waals surface area contributed by atoms with Crippen LogP contribution in [0, 0.1) is 10.1 Å². The van der Waals surface area contributed by atoms with Gasteiger partial charge in [0.2, 0.25) is 11.8 Å². The zero-order valence-corrected chi connectivity index (χ0v) is 17.3. The van der Waals surface area contributed by atoms with Gasteiger partial charge in [-0.05, 0) is 17.2 Å². The Morgan fingerprint density at radius 2 is 1.77 bits per heavy atom. The second-order valence-electron chi connectivity index (χ2n) is 7.79. The Hall–Kier alpha value is -3.68. The average molecular weight is 420 g/mol. The third-order valence-electron chi connectivity index (χ3n) is 5.94. The molecule has 0 saturated carbocycles. The highest BCUT2D eigenvalue weighted by Gasteiger charge is 2.28. The number of nitro groups is 1. The number of nitrogens with zero attached hydrogens (tertiary/aromatic N) is 3. The third kappa shape index (κ3) is 4.28. The van der Waals surface area contributed by atoms with E-state index in [0.29, 0.717) is 26.2 Å². The number of non-ortho nitro benzene ring substituents is 1. The fourth-order valence-electron chi connectivity index (χ4n) is 4.22. The van der Waals surface area contributed by atoms with Gasteiger partial charge in [0.25, 0.3) is 5.69 Å². The summed E-state index contributed by atoms with van der Waals surface area (Å²) in [5, 5.41) is 12.3. The predicted molar refractivity (Wildman–Crippen MR) is 117 cm³/mol. The number of para-hydroxylation sites is 1. The van der Waals surface area contributed by atoms with Gasteiger partial charge in [-0.1, -0.05) is 30.3 Å². The monoisotopic (exact) mass is 420 g/mol. The Morgan fingerprint density at radius 3 is 2.48 bits per heavy atom. The maximum absolute atomic E-state index is 13.2. The van der Waals surface area contributed by atoms with Gasteiger partial charge >= 0.3 is 0 Å². The van der Waals surface area contributed by atoms with Gasteiger partial charge in [-0.15, -0.1) is 0 Å². The molecule has 1 atom stereocenters. The number of carbonyl (C=O) groups is 2. The van der Waals surface area contributed by atoms with E-state index in [4.69, 9.17) is 0 Å². The molecule has 0 spiro atoms. The number of rotatable bonds is 5. The van der Waals surface area contributed by atoms with Crippen LogP contribution >= 0.6 is 0 Å². The van der Waals surface area contributed by atoms with Crippen molar-refractivity contribution in [2.75, 3.05) is 26.2 Å². The van der Waals surface area contributed by atoms with Crippen LogP contribution in [0.3, 0.4) is 0 Å². The van der Waals surface area contributed by atoms with Crippen LogP contribution in [-0.2, 0) is 9.59 Å². The van der Waals surface area contributed by atoms with E-state index in [-0.39, 0.29) is 29.8 Å². The van der Waals surface area contributed by atoms with Gasteiger partial charge in [0.15, 0.2) is 0 Å². The number of piperazine rings is 1. The van der Waals surface area contributed by atoms with Crippen LogP contribution in [0.25, 0.3) is 10.9 Å². The lowest BCUT2D eigenvalue weighted by Crippen LogP contribution is -2.50. The predicted octanol–water partition coefficient (Wildman–Crippen LogP) is 3.29. The first-order chi connectivity index (χ1) is 14.9. The summed E-state index contributed by atoms with van der Waals surface area (Å²) in [6, 6.07) is 14.3. The maximum atomic E-state index is 13.2. The molecule has 8 heteroatoms. The standard InChI is InChI=1S/C23H24N4O4/c1-16(28)25-9-11-26(12-10-25)23(29)14-20(17-5-4-6-18(13-17)27(30)31)21-15-24-22-8-3-2-7-19(21)22/h2-8,13,15,20,24H,9-12,14H2,1H3/t20-/m0/s1. The fraction of sp³-hybridized carbons (Fsp3) is 0.304. The molecule has 0 aliphatic carbocycles. The smallest absolute Gasteiger partial charge is 0.269 e. The maximum Gasteiger partial charge on any atom is 0.269 e. The van der Waals surface area contributed by atoms with Gasteiger partial charge in [0.1, 0.15) is 0 Å². The number of nitro benzene ring substituents is 1. The SMILES string of the molecule is CC(=O)N1CCN(C(=O)C[C@@H](c2cccc([N+](=O)[O-])c2)c2c[nH]c3ccccc23)CC1. The van der Waals surface area contributed by atoms with Gasteiger partial charge in [0.05, 0.1) is 4.92 Å². The molecule has 1 saturated heterocycles. The van der Waals surface area contributed by atoms with Gasteiger partial charge in [-0.2, -0.15) is 0 Å². The van der Waals surface area contributed by atoms with Crippen molar-refractivity contribution < 1.29 is 14.5 Å². The number of aromatic nitrogens is 1. The summed E-state index contributed by atoms with van der Waals surface area (Å²) in [5.41, 5.74) is 2.63. The van der Waals surface area contributed by atoms with E-state index < -0.39 is 4.92 Å². The molecular formula is C23H24N4O4. The second-order valence-corrected chi connectivity index (χ2v) is 7.79. The number of benzene rings is 2. The van der Waals surface area contributed by atoms with Crippen molar-refractivity contribution in [1.82, 2.24) is 14.8 Å². The van der Waals surface area contributed by atoms with Crippen LogP contribution in [0.15, 0.2) is 54.7 Å². The summed E-state index contributed by atoms with van der Waals surface area (Å²) >= 11 is 0. The summed E-state index contributed by atoms with van der Waals surface area (Å²) in [4.78, 5) is 42.4. The van der Waals surface area contributed by atoms with E-state index >= 15 is 0 Å². The van der Waals surface area contributed by atoms with Crippen molar-refractivity contribution in [3.05, 3.63) is 76.0 Å². The highest BCUT2D eigenvalue weighted by molar-refractivity contribution is 5.86. The van der Waals surface area contributed by atoms with Gasteiger partial charge < -0.3 is 14.8 Å². The Balaban J connectivity index is 1.65. The molecule has 2 heterocycles. The molecule has 4 rings (SSSR count). The van der Waals surface area contributed by atoms with E-state index in [1.165, 1.54) is 13.0 Å². The number of aromatic amines is 1. The minimum atomic E-state index is -0.418. The zero-order valence-electron chi connectivity index (χ0n) is 17.3. The summed E-state index contributed by atoms with van der Waals surface area (Å²) in [5.74, 6) is -0.334. The summed E-state index contributed by atoms with van der Waals surface area (Å²) in [6.45, 7) is 3.57. The molecule has 1 aromatic heterocycles. The van der Waals surface area contributed by atoms with Crippen molar-refractivity contribution in [3.8, 4) is 0 Å². The molecule has 1 aliphatic rings. The zero-order chi connectivity index (χ0) is 22.0. The lowest BCUT2D eigenvalue weighted by Gasteiger charge is -2.35. The van der Waals surface area contributed by atoms with Crippen LogP contribution in [0.1, 0.15) is 30.4 Å². The van der Waals surface area contributed by atoms with E-state index in [9.17, 15) is 19.7 Å². The third-order valence-corrected chi connectivity index (χ3v) is 5.94. The lowest BCUT2D eigenvalue weighted by atomic mass is 9.87. The minimum absolute atomic E-state index is 0.00450. The molecule has 2 aromatic carbocycles. The molecule has 160 valence electrons. The summed E-state index contributed by atoms with van der Waals surface area (Å²) in [6.07, 6.45) is 2.08. The fourth-order valence-corrected chi connectivity index (χ4v) is 4.22. The molecule has 1 fully saturated rings. The first-order valence-corrected chi connectivity index (χ1v) is 10.3. The highest BCUT2D eigenvalue weighted by Crippen LogP contribution is 2.35. The van der Waals surface area contributed by atoms with Crippen molar-refractivity contribution in [3.63, 3.8) is 0 Å². The highest BCUT2D eigenvalue weighted by atomic mass is 16.6. The van der Waals surface area contributed by atoms with Crippen LogP contribution in [0.5, 0.6) is 0 Å². The van der Waals surface area contributed by atoms with Crippen LogP contribution < -0.4 is 0 Å². The molecule has 8 nitrogen and oxygen atoms in total. The van der Waals surface area contributed by atoms with E-state index in [1.807, 2.05) is 36.5 Å². The first-order valence-electron chi connectivity index (χ1n) is 10.3. The number of fused-ring (bicyclic) bond motifs is 1. The van der Waals surface area contributed by atoms with E-state index in [0.717, 1.165) is 22.0 Å². The number of amides is 2. The Kier molecular flexibility index (Phi) is 5.70. The van der Waals surface area contributed by atoms with Crippen molar-refractivity contribution >= 4 is 28.4 Å².